The molecule has 0 bridgehead atoms. The van der Waals surface area contributed by atoms with Gasteiger partial charge in [-0.3, -0.25) is 0 Å². The van der Waals surface area contributed by atoms with Gasteiger partial charge in [0, 0.05) is 0 Å². The van der Waals surface area contributed by atoms with Crippen LogP contribution in [0.1, 0.15) is 5.56 Å². The highest BCUT2D eigenvalue weighted by molar-refractivity contribution is 5.13. The van der Waals surface area contributed by atoms with E-state index < -0.39 is 18.5 Å². The molecule has 1 fully saturated rings. The summed E-state index contributed by atoms with van der Waals surface area (Å²) in [5.41, 5.74) is 1.00. The average Bonchev–Trinajstić information content (AvgIpc) is 2.58. The van der Waals surface area contributed by atoms with Gasteiger partial charge in [0.05, 0.1) is 13.2 Å². The van der Waals surface area contributed by atoms with Gasteiger partial charge in [-0.05, 0) is 5.56 Å². The van der Waals surface area contributed by atoms with Crippen LogP contribution < -0.4 is 0 Å². The molecule has 0 aromatic heterocycles. The van der Waals surface area contributed by atoms with Crippen LogP contribution >= 0.6 is 0 Å². The number of hydrogen-bond acceptors (Lipinski definition) is 4. The highest BCUT2D eigenvalue weighted by Gasteiger charge is 2.35. The van der Waals surface area contributed by atoms with Crippen molar-refractivity contribution in [3.05, 3.63) is 35.9 Å². The van der Waals surface area contributed by atoms with Gasteiger partial charge in [-0.25, -0.2) is 0 Å². The van der Waals surface area contributed by atoms with E-state index in [2.05, 4.69) is 0 Å². The molecule has 0 amide bonds. The molecule has 1 aliphatic rings. The smallest absolute Gasteiger partial charge is 0.183 e. The van der Waals surface area contributed by atoms with Crippen molar-refractivity contribution in [3.8, 4) is 0 Å². The first-order valence-corrected chi connectivity index (χ1v) is 4.90. The van der Waals surface area contributed by atoms with Crippen molar-refractivity contribution in [1.82, 2.24) is 0 Å². The largest absolute Gasteiger partial charge is 0.388 e. The predicted molar refractivity (Wildman–Crippen MR) is 53.0 cm³/mol. The Morgan fingerprint density at radius 2 is 2.00 bits per heavy atom. The van der Waals surface area contributed by atoms with E-state index in [0.717, 1.165) is 5.56 Å². The van der Waals surface area contributed by atoms with E-state index in [0.29, 0.717) is 6.61 Å². The molecule has 0 aliphatic carbocycles. The van der Waals surface area contributed by atoms with Crippen molar-refractivity contribution < 1.29 is 19.7 Å². The molecule has 82 valence electrons. The summed E-state index contributed by atoms with van der Waals surface area (Å²) in [6, 6.07) is 9.60. The molecule has 1 aromatic carbocycles. The third kappa shape index (κ3) is 2.54. The van der Waals surface area contributed by atoms with E-state index in [4.69, 9.17) is 9.47 Å². The molecule has 1 heterocycles. The molecule has 1 saturated heterocycles. The summed E-state index contributed by atoms with van der Waals surface area (Å²) in [6.07, 6.45) is -2.42. The first-order valence-electron chi connectivity index (χ1n) is 4.90. The van der Waals surface area contributed by atoms with Crippen LogP contribution in [0, 0.1) is 0 Å². The summed E-state index contributed by atoms with van der Waals surface area (Å²) in [5, 5.41) is 18.8. The molecule has 15 heavy (non-hydrogen) atoms. The Hall–Kier alpha value is -0.940. The van der Waals surface area contributed by atoms with Gasteiger partial charge < -0.3 is 19.7 Å². The molecule has 4 nitrogen and oxygen atoms in total. The molecular weight excluding hydrogens is 196 g/mol. The van der Waals surface area contributed by atoms with Gasteiger partial charge in [-0.2, -0.15) is 0 Å². The second kappa shape index (κ2) is 4.72. The predicted octanol–water partition coefficient (Wildman–Crippen LogP) is 0.281. The Morgan fingerprint density at radius 3 is 2.60 bits per heavy atom. The maximum absolute atomic E-state index is 9.43. The van der Waals surface area contributed by atoms with Crippen LogP contribution in [0.25, 0.3) is 0 Å². The van der Waals surface area contributed by atoms with Crippen LogP contribution in [0.15, 0.2) is 30.3 Å². The second-order valence-corrected chi connectivity index (χ2v) is 3.55. The number of aliphatic hydroxyl groups is 2. The first kappa shape index (κ1) is 10.6. The van der Waals surface area contributed by atoms with Crippen molar-refractivity contribution in [1.29, 1.82) is 0 Å². The lowest BCUT2D eigenvalue weighted by Crippen LogP contribution is -2.32. The van der Waals surface area contributed by atoms with Gasteiger partial charge >= 0.3 is 0 Å². The average molecular weight is 210 g/mol. The van der Waals surface area contributed by atoms with E-state index in [1.165, 1.54) is 0 Å². The minimum atomic E-state index is -1.02. The fraction of sp³-hybridized carbons (Fsp3) is 0.455. The Bertz CT molecular complexity index is 291. The molecule has 0 radical (unpaired) electrons. The van der Waals surface area contributed by atoms with Crippen molar-refractivity contribution in [3.63, 3.8) is 0 Å². The van der Waals surface area contributed by atoms with Gasteiger partial charge in [0.25, 0.3) is 0 Å². The number of ether oxygens (including phenoxy) is 2. The number of benzene rings is 1. The summed E-state index contributed by atoms with van der Waals surface area (Å²) < 4.78 is 10.2. The number of aliphatic hydroxyl groups excluding tert-OH is 2. The normalized spacial score (nSPS) is 30.7. The van der Waals surface area contributed by atoms with Crippen LogP contribution in [0.5, 0.6) is 0 Å². The highest BCUT2D eigenvalue weighted by atomic mass is 16.7. The molecule has 1 aromatic rings. The van der Waals surface area contributed by atoms with Gasteiger partial charge in [0.1, 0.15) is 12.2 Å². The first-order chi connectivity index (χ1) is 7.27. The third-order valence-electron chi connectivity index (χ3n) is 2.38. The summed E-state index contributed by atoms with van der Waals surface area (Å²) >= 11 is 0. The molecule has 2 rings (SSSR count). The second-order valence-electron chi connectivity index (χ2n) is 3.55. The number of rotatable bonds is 3. The van der Waals surface area contributed by atoms with Crippen LogP contribution in [0.3, 0.4) is 0 Å². The van der Waals surface area contributed by atoms with E-state index in [9.17, 15) is 10.2 Å². The molecule has 2 N–H and O–H groups in total. The van der Waals surface area contributed by atoms with Crippen LogP contribution in [-0.2, 0) is 16.1 Å². The molecule has 3 atom stereocenters. The van der Waals surface area contributed by atoms with Crippen LogP contribution in [-0.4, -0.2) is 35.3 Å². The van der Waals surface area contributed by atoms with E-state index >= 15 is 0 Å². The minimum absolute atomic E-state index is 0.126. The zero-order valence-corrected chi connectivity index (χ0v) is 8.24. The third-order valence-corrected chi connectivity index (χ3v) is 2.38. The van der Waals surface area contributed by atoms with Crippen molar-refractivity contribution in [2.24, 2.45) is 0 Å². The lowest BCUT2D eigenvalue weighted by Gasteiger charge is -2.16. The Kier molecular flexibility index (Phi) is 3.33. The fourth-order valence-corrected chi connectivity index (χ4v) is 1.54. The SMILES string of the molecule is O[C@@H]1CO[C@H](O)[C@@H]1OCc1ccccc1. The molecule has 4 heteroatoms. The summed E-state index contributed by atoms with van der Waals surface area (Å²) in [6.45, 7) is 0.490. The van der Waals surface area contributed by atoms with Crippen LogP contribution in [0.4, 0.5) is 0 Å². The number of hydrogen-bond donors (Lipinski definition) is 2. The summed E-state index contributed by atoms with van der Waals surface area (Å²) in [5.74, 6) is 0. The monoisotopic (exact) mass is 210 g/mol. The summed E-state index contributed by atoms with van der Waals surface area (Å²) in [4.78, 5) is 0. The van der Waals surface area contributed by atoms with E-state index in [1.54, 1.807) is 0 Å². The van der Waals surface area contributed by atoms with E-state index in [-0.39, 0.29) is 6.61 Å². The Balaban J connectivity index is 1.88. The quantitative estimate of drug-likeness (QED) is 0.752. The van der Waals surface area contributed by atoms with Gasteiger partial charge in [0.2, 0.25) is 0 Å². The fourth-order valence-electron chi connectivity index (χ4n) is 1.54. The lowest BCUT2D eigenvalue weighted by molar-refractivity contribution is -0.138. The molecule has 0 unspecified atom stereocenters. The minimum Gasteiger partial charge on any atom is -0.388 e. The van der Waals surface area contributed by atoms with Gasteiger partial charge in [-0.15, -0.1) is 0 Å². The summed E-state index contributed by atoms with van der Waals surface area (Å²) in [7, 11) is 0. The molecule has 0 saturated carbocycles. The molecular formula is C11H14O4. The van der Waals surface area contributed by atoms with E-state index in [1.807, 2.05) is 30.3 Å². The van der Waals surface area contributed by atoms with Crippen molar-refractivity contribution in [2.75, 3.05) is 6.61 Å². The zero-order valence-electron chi connectivity index (χ0n) is 8.24. The van der Waals surface area contributed by atoms with Crippen molar-refractivity contribution in [2.45, 2.75) is 25.1 Å². The highest BCUT2D eigenvalue weighted by Crippen LogP contribution is 2.17. The molecule has 0 spiro atoms. The van der Waals surface area contributed by atoms with Crippen LogP contribution in [0.2, 0.25) is 0 Å². The van der Waals surface area contributed by atoms with Gasteiger partial charge in [-0.1, -0.05) is 30.3 Å². The van der Waals surface area contributed by atoms with Crippen molar-refractivity contribution >= 4 is 0 Å². The Morgan fingerprint density at radius 1 is 1.27 bits per heavy atom. The lowest BCUT2D eigenvalue weighted by atomic mass is 10.2. The molecule has 1 aliphatic heterocycles. The standard InChI is InChI=1S/C11H14O4/c12-9-7-15-11(13)10(9)14-6-8-4-2-1-3-5-8/h1-5,9-13H,6-7H2/t9-,10-,11+/m1/s1. The topological polar surface area (TPSA) is 58.9 Å². The maximum Gasteiger partial charge on any atom is 0.183 e. The Labute approximate surface area is 88.1 Å². The maximum atomic E-state index is 9.43. The zero-order chi connectivity index (χ0) is 10.7. The van der Waals surface area contributed by atoms with Gasteiger partial charge in [0.15, 0.2) is 6.29 Å².